The minimum atomic E-state index is 0.628. The van der Waals surface area contributed by atoms with Gasteiger partial charge in [-0.05, 0) is 19.0 Å². The molecule has 0 bridgehead atoms. The number of hydrogen-bond donors (Lipinski definition) is 2. The standard InChI is InChI=1S/C20H32N6O/c1-21-20(23-10-13-25(2)12-7-15-27-3)24-16-19-22-11-14-26(19)17-18-8-5-4-6-9-18/h4-6,8-9,11,14H,7,10,12-13,15-17H2,1-3H3,(H2,21,23,24). The van der Waals surface area contributed by atoms with Crippen LogP contribution in [0.15, 0.2) is 47.7 Å². The molecule has 1 heterocycles. The van der Waals surface area contributed by atoms with E-state index in [0.717, 1.165) is 51.0 Å². The second-order valence-electron chi connectivity index (χ2n) is 6.46. The fraction of sp³-hybridized carbons (Fsp3) is 0.500. The summed E-state index contributed by atoms with van der Waals surface area (Å²) >= 11 is 0. The Morgan fingerprint density at radius 2 is 2.04 bits per heavy atom. The van der Waals surface area contributed by atoms with Gasteiger partial charge >= 0.3 is 0 Å². The molecule has 1 aromatic heterocycles. The van der Waals surface area contributed by atoms with Crippen molar-refractivity contribution in [2.75, 3.05) is 47.4 Å². The van der Waals surface area contributed by atoms with E-state index in [0.29, 0.717) is 6.54 Å². The quantitative estimate of drug-likeness (QED) is 0.356. The fourth-order valence-electron chi connectivity index (χ4n) is 2.77. The molecule has 0 aliphatic heterocycles. The van der Waals surface area contributed by atoms with Gasteiger partial charge in [0.2, 0.25) is 0 Å². The monoisotopic (exact) mass is 372 g/mol. The molecule has 0 aliphatic rings. The average molecular weight is 373 g/mol. The number of aliphatic imine (C=N–C) groups is 1. The van der Waals surface area contributed by atoms with Crippen LogP contribution in [0.3, 0.4) is 0 Å². The van der Waals surface area contributed by atoms with Crippen LogP contribution in [0.2, 0.25) is 0 Å². The molecule has 27 heavy (non-hydrogen) atoms. The van der Waals surface area contributed by atoms with Crippen LogP contribution in [0.5, 0.6) is 0 Å². The van der Waals surface area contributed by atoms with Gasteiger partial charge in [0.05, 0.1) is 6.54 Å². The SMILES string of the molecule is CN=C(NCCN(C)CCCOC)NCc1nccn1Cc1ccccc1. The summed E-state index contributed by atoms with van der Waals surface area (Å²) in [5.41, 5.74) is 1.26. The predicted octanol–water partition coefficient (Wildman–Crippen LogP) is 1.56. The lowest BCUT2D eigenvalue weighted by Gasteiger charge is -2.18. The maximum atomic E-state index is 5.09. The van der Waals surface area contributed by atoms with E-state index in [-0.39, 0.29) is 0 Å². The zero-order valence-electron chi connectivity index (χ0n) is 16.7. The van der Waals surface area contributed by atoms with E-state index in [1.54, 1.807) is 14.2 Å². The van der Waals surface area contributed by atoms with Crippen molar-refractivity contribution in [1.82, 2.24) is 25.1 Å². The molecule has 7 nitrogen and oxygen atoms in total. The molecule has 1 aromatic carbocycles. The number of nitrogens with one attached hydrogen (secondary N) is 2. The van der Waals surface area contributed by atoms with Crippen molar-refractivity contribution in [2.24, 2.45) is 4.99 Å². The molecule has 0 saturated heterocycles. The van der Waals surface area contributed by atoms with E-state index in [2.05, 4.69) is 61.4 Å². The van der Waals surface area contributed by atoms with E-state index >= 15 is 0 Å². The lowest BCUT2D eigenvalue weighted by atomic mass is 10.2. The van der Waals surface area contributed by atoms with Gasteiger partial charge in [-0.25, -0.2) is 4.98 Å². The fourth-order valence-corrected chi connectivity index (χ4v) is 2.77. The van der Waals surface area contributed by atoms with Crippen molar-refractivity contribution < 1.29 is 4.74 Å². The zero-order valence-corrected chi connectivity index (χ0v) is 16.7. The van der Waals surface area contributed by atoms with Crippen molar-refractivity contribution in [3.8, 4) is 0 Å². The Labute approximate surface area is 162 Å². The highest BCUT2D eigenvalue weighted by Crippen LogP contribution is 2.05. The maximum Gasteiger partial charge on any atom is 0.191 e. The summed E-state index contributed by atoms with van der Waals surface area (Å²) in [6, 6.07) is 10.4. The Kier molecular flexibility index (Phi) is 9.37. The number of hydrogen-bond acceptors (Lipinski definition) is 4. The first-order valence-electron chi connectivity index (χ1n) is 9.39. The summed E-state index contributed by atoms with van der Waals surface area (Å²) in [6.45, 7) is 5.06. The minimum absolute atomic E-state index is 0.628. The molecule has 2 N–H and O–H groups in total. The largest absolute Gasteiger partial charge is 0.385 e. The summed E-state index contributed by atoms with van der Waals surface area (Å²) in [7, 11) is 5.64. The van der Waals surface area contributed by atoms with Crippen LogP contribution in [0, 0.1) is 0 Å². The van der Waals surface area contributed by atoms with Crippen molar-refractivity contribution in [2.45, 2.75) is 19.5 Å². The van der Waals surface area contributed by atoms with E-state index in [1.807, 2.05) is 18.5 Å². The summed E-state index contributed by atoms with van der Waals surface area (Å²) in [6.07, 6.45) is 4.89. The van der Waals surface area contributed by atoms with Gasteiger partial charge in [-0.15, -0.1) is 0 Å². The number of guanidine groups is 1. The van der Waals surface area contributed by atoms with Crippen LogP contribution in [0.4, 0.5) is 0 Å². The number of rotatable bonds is 11. The minimum Gasteiger partial charge on any atom is -0.385 e. The van der Waals surface area contributed by atoms with E-state index in [9.17, 15) is 0 Å². The lowest BCUT2D eigenvalue weighted by Crippen LogP contribution is -2.41. The number of benzene rings is 1. The smallest absolute Gasteiger partial charge is 0.191 e. The average Bonchev–Trinajstić information content (AvgIpc) is 3.12. The van der Waals surface area contributed by atoms with Gasteiger partial charge in [0.25, 0.3) is 0 Å². The number of likely N-dealkylation sites (N-methyl/N-ethyl adjacent to an activating group) is 1. The Bertz CT molecular complexity index is 670. The van der Waals surface area contributed by atoms with Crippen molar-refractivity contribution in [3.05, 3.63) is 54.1 Å². The van der Waals surface area contributed by atoms with Crippen molar-refractivity contribution in [3.63, 3.8) is 0 Å². The Morgan fingerprint density at radius 3 is 2.78 bits per heavy atom. The summed E-state index contributed by atoms with van der Waals surface area (Å²) in [5.74, 6) is 1.77. The molecule has 2 rings (SSSR count). The summed E-state index contributed by atoms with van der Waals surface area (Å²) < 4.78 is 7.24. The summed E-state index contributed by atoms with van der Waals surface area (Å²) in [5, 5.41) is 6.69. The second kappa shape index (κ2) is 12.1. The van der Waals surface area contributed by atoms with E-state index < -0.39 is 0 Å². The molecule has 0 aliphatic carbocycles. The van der Waals surface area contributed by atoms with Gasteiger partial charge in [-0.1, -0.05) is 30.3 Å². The molecule has 7 heteroatoms. The molecule has 0 unspecified atom stereocenters. The molecule has 2 aromatic rings. The third-order valence-electron chi connectivity index (χ3n) is 4.31. The molecule has 0 saturated carbocycles. The predicted molar refractivity (Wildman–Crippen MR) is 110 cm³/mol. The van der Waals surface area contributed by atoms with E-state index in [1.165, 1.54) is 5.56 Å². The normalized spacial score (nSPS) is 11.8. The van der Waals surface area contributed by atoms with Crippen molar-refractivity contribution >= 4 is 5.96 Å². The third kappa shape index (κ3) is 7.80. The second-order valence-corrected chi connectivity index (χ2v) is 6.46. The first-order chi connectivity index (χ1) is 13.2. The van der Waals surface area contributed by atoms with Crippen LogP contribution in [0.25, 0.3) is 0 Å². The van der Waals surface area contributed by atoms with Gasteiger partial charge in [-0.3, -0.25) is 4.99 Å². The highest BCUT2D eigenvalue weighted by atomic mass is 16.5. The molecule has 0 spiro atoms. The first kappa shape index (κ1) is 20.9. The highest BCUT2D eigenvalue weighted by Gasteiger charge is 2.05. The molecular formula is C20H32N6O. The van der Waals surface area contributed by atoms with Gasteiger partial charge in [0.1, 0.15) is 5.82 Å². The number of ether oxygens (including phenoxy) is 1. The van der Waals surface area contributed by atoms with Crippen LogP contribution < -0.4 is 10.6 Å². The third-order valence-corrected chi connectivity index (χ3v) is 4.31. The topological polar surface area (TPSA) is 66.7 Å². The molecule has 0 radical (unpaired) electrons. The Hall–Kier alpha value is -2.38. The first-order valence-corrected chi connectivity index (χ1v) is 9.39. The van der Waals surface area contributed by atoms with Crippen molar-refractivity contribution in [1.29, 1.82) is 0 Å². The number of imidazole rings is 1. The number of aromatic nitrogens is 2. The molecule has 0 amide bonds. The zero-order chi connectivity index (χ0) is 19.3. The van der Waals surface area contributed by atoms with Crippen LogP contribution in [-0.4, -0.2) is 67.9 Å². The van der Waals surface area contributed by atoms with E-state index in [4.69, 9.17) is 4.74 Å². The van der Waals surface area contributed by atoms with Gasteiger partial charge in [0, 0.05) is 59.3 Å². The number of methoxy groups -OCH3 is 1. The van der Waals surface area contributed by atoms with Gasteiger partial charge < -0.3 is 24.8 Å². The maximum absolute atomic E-state index is 5.09. The lowest BCUT2D eigenvalue weighted by molar-refractivity contribution is 0.180. The molecular weight excluding hydrogens is 340 g/mol. The van der Waals surface area contributed by atoms with Crippen LogP contribution in [0.1, 0.15) is 17.8 Å². The molecule has 0 atom stereocenters. The Balaban J connectivity index is 1.74. The van der Waals surface area contributed by atoms with Crippen LogP contribution >= 0.6 is 0 Å². The Morgan fingerprint density at radius 1 is 1.22 bits per heavy atom. The number of nitrogens with zero attached hydrogens (tertiary/aromatic N) is 4. The van der Waals surface area contributed by atoms with Crippen LogP contribution in [-0.2, 0) is 17.8 Å². The van der Waals surface area contributed by atoms with Gasteiger partial charge in [-0.2, -0.15) is 0 Å². The highest BCUT2D eigenvalue weighted by molar-refractivity contribution is 5.79. The summed E-state index contributed by atoms with van der Waals surface area (Å²) in [4.78, 5) is 11.0. The van der Waals surface area contributed by atoms with Gasteiger partial charge in [0.15, 0.2) is 5.96 Å². The molecule has 0 fully saturated rings. The molecule has 148 valence electrons.